The molecule has 0 saturated heterocycles. The van der Waals surface area contributed by atoms with Crippen molar-refractivity contribution in [1.29, 1.82) is 0 Å². The zero-order chi connectivity index (χ0) is 49.4. The van der Waals surface area contributed by atoms with Crippen molar-refractivity contribution in [3.8, 4) is 0 Å². The monoisotopic (exact) mass is 952 g/mol. The molecule has 15 heteroatoms. The zero-order valence-corrected chi connectivity index (χ0v) is 45.4. The Bertz CT molecular complexity index is 2260. The van der Waals surface area contributed by atoms with E-state index in [1.165, 1.54) is 39.6 Å². The number of allylic oxidation sites excluding steroid dienone is 4. The smallest absolute Gasteiger partial charge is 0.205 e. The number of amidine groups is 1. The van der Waals surface area contributed by atoms with E-state index in [4.69, 9.17) is 29.4 Å². The van der Waals surface area contributed by atoms with E-state index in [0.717, 1.165) is 106 Å². The van der Waals surface area contributed by atoms with Gasteiger partial charge in [-0.25, -0.2) is 25.0 Å². The van der Waals surface area contributed by atoms with Crippen LogP contribution in [0.4, 0.5) is 0 Å². The van der Waals surface area contributed by atoms with Crippen LogP contribution in [0.5, 0.6) is 0 Å². The number of thiophene rings is 1. The molecule has 6 unspecified atom stereocenters. The minimum Gasteiger partial charge on any atom is -0.466 e. The number of guanidine groups is 4. The highest BCUT2D eigenvalue weighted by atomic mass is 32.1. The van der Waals surface area contributed by atoms with Crippen LogP contribution in [0.3, 0.4) is 0 Å². The minimum atomic E-state index is -0.143. The number of aliphatic imine (C=N–C) groups is 5. The Morgan fingerprint density at radius 3 is 2.01 bits per heavy atom. The first-order valence-electron chi connectivity index (χ1n) is 25.2. The summed E-state index contributed by atoms with van der Waals surface area (Å²) in [6, 6.07) is 9.19. The van der Waals surface area contributed by atoms with Crippen molar-refractivity contribution in [3.63, 3.8) is 0 Å². The molecule has 0 bridgehead atoms. The quantitative estimate of drug-likeness (QED) is 0.164. The van der Waals surface area contributed by atoms with Crippen LogP contribution in [0.1, 0.15) is 102 Å². The fourth-order valence-corrected chi connectivity index (χ4v) is 10.8. The molecule has 374 valence electrons. The normalized spacial score (nSPS) is 22.3. The van der Waals surface area contributed by atoms with Crippen LogP contribution in [0.25, 0.3) is 0 Å². The number of hydrogen-bond donors (Lipinski definition) is 0. The van der Waals surface area contributed by atoms with Crippen LogP contribution < -0.4 is 0 Å². The molecule has 0 spiro atoms. The van der Waals surface area contributed by atoms with Crippen LogP contribution >= 0.6 is 11.3 Å². The first-order valence-corrected chi connectivity index (χ1v) is 26.0. The van der Waals surface area contributed by atoms with Gasteiger partial charge in [0.1, 0.15) is 35.5 Å². The first-order chi connectivity index (χ1) is 32.3. The Morgan fingerprint density at radius 2 is 1.32 bits per heavy atom. The largest absolute Gasteiger partial charge is 0.466 e. The van der Waals surface area contributed by atoms with E-state index in [1.807, 2.05) is 11.3 Å². The molecule has 0 aromatic carbocycles. The molecule has 2 aromatic rings. The van der Waals surface area contributed by atoms with Crippen molar-refractivity contribution >= 4 is 41.0 Å². The van der Waals surface area contributed by atoms with Gasteiger partial charge in [-0.15, -0.1) is 11.3 Å². The highest BCUT2D eigenvalue weighted by Crippen LogP contribution is 2.29. The van der Waals surface area contributed by atoms with Gasteiger partial charge in [0.2, 0.25) is 23.8 Å². The lowest BCUT2D eigenvalue weighted by Crippen LogP contribution is -2.52. The molecule has 0 amide bonds. The van der Waals surface area contributed by atoms with Crippen molar-refractivity contribution in [2.75, 3.05) is 83.1 Å². The summed E-state index contributed by atoms with van der Waals surface area (Å²) in [5.41, 5.74) is 2.90. The Morgan fingerprint density at radius 1 is 0.691 bits per heavy atom. The summed E-state index contributed by atoms with van der Waals surface area (Å²) < 4.78 is 6.55. The maximum atomic E-state index is 6.55. The fourth-order valence-electron chi connectivity index (χ4n) is 9.78. The molecule has 3 aliphatic heterocycles. The van der Waals surface area contributed by atoms with Crippen molar-refractivity contribution in [3.05, 3.63) is 80.7 Å². The molecule has 68 heavy (non-hydrogen) atoms. The molecule has 2 aromatic heterocycles. The van der Waals surface area contributed by atoms with Crippen LogP contribution in [0.2, 0.25) is 0 Å². The fraction of sp³-hybridized carbons (Fsp3) is 0.642. The van der Waals surface area contributed by atoms with E-state index < -0.39 is 0 Å². The van der Waals surface area contributed by atoms with Gasteiger partial charge in [-0.3, -0.25) is 4.90 Å². The van der Waals surface area contributed by atoms with Crippen molar-refractivity contribution in [2.45, 2.75) is 125 Å². The molecule has 0 fully saturated rings. The number of furan rings is 1. The highest BCUT2D eigenvalue weighted by molar-refractivity contribution is 7.12. The Balaban J connectivity index is 0.996. The van der Waals surface area contributed by atoms with Crippen LogP contribution in [-0.2, 0) is 25.8 Å². The lowest BCUT2D eigenvalue weighted by atomic mass is 9.86. The van der Waals surface area contributed by atoms with E-state index >= 15 is 0 Å². The van der Waals surface area contributed by atoms with Crippen molar-refractivity contribution < 1.29 is 4.42 Å². The van der Waals surface area contributed by atoms with Crippen LogP contribution in [0.15, 0.2) is 88.8 Å². The van der Waals surface area contributed by atoms with E-state index in [9.17, 15) is 0 Å². The predicted octanol–water partition coefficient (Wildman–Crippen LogP) is 8.78. The highest BCUT2D eigenvalue weighted by Gasteiger charge is 2.32. The summed E-state index contributed by atoms with van der Waals surface area (Å²) in [6.07, 6.45) is 14.8. The van der Waals surface area contributed by atoms with Crippen molar-refractivity contribution in [1.82, 2.24) is 39.2 Å². The van der Waals surface area contributed by atoms with E-state index in [1.54, 1.807) is 0 Å². The number of rotatable bonds is 16. The predicted molar refractivity (Wildman–Crippen MR) is 287 cm³/mol. The van der Waals surface area contributed by atoms with Crippen LogP contribution in [0, 0.1) is 17.8 Å². The lowest BCUT2D eigenvalue weighted by Gasteiger charge is -2.37. The summed E-state index contributed by atoms with van der Waals surface area (Å²) in [4.78, 5) is 45.8. The summed E-state index contributed by atoms with van der Waals surface area (Å²) in [6.45, 7) is 18.9. The van der Waals surface area contributed by atoms with Crippen molar-refractivity contribution in [2.24, 2.45) is 42.7 Å². The summed E-state index contributed by atoms with van der Waals surface area (Å²) in [5, 5.41) is 0. The molecule has 0 radical (unpaired) electrons. The van der Waals surface area contributed by atoms with E-state index in [0.29, 0.717) is 11.8 Å². The third kappa shape index (κ3) is 13.2. The number of likely N-dealkylation sites (N-methyl/N-ethyl adjacent to an activating group) is 3. The van der Waals surface area contributed by atoms with Gasteiger partial charge in [0, 0.05) is 112 Å². The molecule has 5 heterocycles. The second kappa shape index (κ2) is 23.5. The van der Waals surface area contributed by atoms with Gasteiger partial charge < -0.3 is 38.7 Å². The third-order valence-electron chi connectivity index (χ3n) is 14.2. The van der Waals surface area contributed by atoms with Gasteiger partial charge >= 0.3 is 0 Å². The third-order valence-corrected chi connectivity index (χ3v) is 15.3. The zero-order valence-electron chi connectivity index (χ0n) is 44.6. The van der Waals surface area contributed by atoms with Crippen LogP contribution in [-0.4, -0.2) is 170 Å². The molecule has 6 rings (SSSR count). The lowest BCUT2D eigenvalue weighted by molar-refractivity contribution is 0.300. The second-order valence-electron chi connectivity index (χ2n) is 20.2. The summed E-state index contributed by atoms with van der Waals surface area (Å²) in [5.74, 6) is 9.22. The Kier molecular flexibility index (Phi) is 18.1. The summed E-state index contributed by atoms with van der Waals surface area (Å²) >= 11 is 1.91. The first kappa shape index (κ1) is 52.3. The molecule has 14 nitrogen and oxygen atoms in total. The topological polar surface area (TPSA) is 101 Å². The molecular formula is C53H85N13OS. The average molecular weight is 952 g/mol. The molecule has 1 aliphatic carbocycles. The SMILES string of the molecule is CCC(Cc1ccc(CCN(C)C2=NC(C)N=C(N(C)CC3=CC=C(C)CCC3)N2C)o1)C(C)C1=NC(C)N=C(N(C)CCc2ccc(CN(C)C3=CCC(C)C(C)N=C(N(C)C)N3C)s2)N1C. The Hall–Kier alpha value is -5.05. The van der Waals surface area contributed by atoms with Gasteiger partial charge in [0.25, 0.3) is 0 Å². The van der Waals surface area contributed by atoms with Gasteiger partial charge in [-0.2, -0.15) is 0 Å². The average Bonchev–Trinajstić information content (AvgIpc) is 3.90. The maximum Gasteiger partial charge on any atom is 0.205 e. The van der Waals surface area contributed by atoms with E-state index in [2.05, 4.69) is 194 Å². The molecule has 6 atom stereocenters. The van der Waals surface area contributed by atoms with Gasteiger partial charge in [0.15, 0.2) is 0 Å². The number of hydrogen-bond acceptors (Lipinski definition) is 15. The molecule has 0 N–H and O–H groups in total. The van der Waals surface area contributed by atoms with Gasteiger partial charge in [-0.05, 0) is 102 Å². The number of nitrogens with zero attached hydrogens (tertiary/aromatic N) is 13. The molecular weight excluding hydrogens is 867 g/mol. The molecule has 4 aliphatic rings. The Labute approximate surface area is 414 Å². The van der Waals surface area contributed by atoms with E-state index in [-0.39, 0.29) is 24.3 Å². The minimum absolute atomic E-state index is 0.140. The van der Waals surface area contributed by atoms with Gasteiger partial charge in [0.05, 0.1) is 12.6 Å². The van der Waals surface area contributed by atoms with Gasteiger partial charge in [-0.1, -0.05) is 50.5 Å². The summed E-state index contributed by atoms with van der Waals surface area (Å²) in [7, 11) is 19.1. The molecule has 0 saturated carbocycles. The standard InChI is InChI=1S/C53H85N13OS/c1-17-43(33-45-25-24-44(67-45)29-31-60(10)52-57-41(7)58-53(66(52)16)63(13)34-42-20-18-19-36(2)21-23-42)38(4)49-55-40(6)56-51(65(49)15)61(11)32-30-46-26-27-47(68-46)35-62(12)48-28-22-37(3)39(5)54-50(59(8)9)64(48)14/h21,23-28,37-41,43H,17-20,22,29-35H2,1-16H3. The second-order valence-corrected chi connectivity index (χ2v) is 21.5. The maximum absolute atomic E-state index is 6.55.